The van der Waals surface area contributed by atoms with Gasteiger partial charge in [-0.05, 0) is 38.1 Å². The van der Waals surface area contributed by atoms with Crippen LogP contribution in [0.1, 0.15) is 25.2 Å². The highest BCUT2D eigenvalue weighted by atomic mass is 19.1. The molecule has 0 amide bonds. The summed E-state index contributed by atoms with van der Waals surface area (Å²) in [5.41, 5.74) is 4.35. The molecule has 1 aromatic carbocycles. The molecule has 112 valence electrons. The van der Waals surface area contributed by atoms with Crippen molar-refractivity contribution in [2.45, 2.75) is 27.2 Å². The Morgan fingerprint density at radius 3 is 2.38 bits per heavy atom. The molecule has 5 nitrogen and oxygen atoms in total. The first-order valence-corrected chi connectivity index (χ1v) is 6.97. The number of anilines is 3. The summed E-state index contributed by atoms with van der Waals surface area (Å²) >= 11 is 0. The molecular formula is C15H20FN5. The molecular weight excluding hydrogens is 269 g/mol. The van der Waals surface area contributed by atoms with Crippen molar-refractivity contribution in [2.75, 3.05) is 16.9 Å². The Morgan fingerprint density at radius 1 is 1.19 bits per heavy atom. The summed E-state index contributed by atoms with van der Waals surface area (Å²) in [6, 6.07) is 6.36. The van der Waals surface area contributed by atoms with Gasteiger partial charge in [-0.1, -0.05) is 6.92 Å². The Balaban J connectivity index is 2.53. The van der Waals surface area contributed by atoms with Gasteiger partial charge in [0.15, 0.2) is 0 Å². The topological polar surface area (TPSA) is 67.1 Å². The lowest BCUT2D eigenvalue weighted by Crippen LogP contribution is -2.22. The van der Waals surface area contributed by atoms with E-state index < -0.39 is 0 Å². The zero-order valence-electron chi connectivity index (χ0n) is 12.5. The molecule has 3 N–H and O–H groups in total. The van der Waals surface area contributed by atoms with Crippen LogP contribution in [0.4, 0.5) is 21.7 Å². The standard InChI is InChI=1S/C15H20FN5/c1-4-13-18-14(20-17)10(3)15(19-13)21(5-2)12-8-6-11(16)7-9-12/h6-9H,4-5,17H2,1-3H3,(H,18,19,20). The summed E-state index contributed by atoms with van der Waals surface area (Å²) in [7, 11) is 0. The number of halogens is 1. The summed E-state index contributed by atoms with van der Waals surface area (Å²) in [5, 5.41) is 0. The van der Waals surface area contributed by atoms with Crippen LogP contribution in [0.3, 0.4) is 0 Å². The molecule has 0 atom stereocenters. The first kappa shape index (κ1) is 15.2. The average Bonchev–Trinajstić information content (AvgIpc) is 2.51. The molecule has 2 rings (SSSR count). The zero-order valence-corrected chi connectivity index (χ0v) is 12.5. The van der Waals surface area contributed by atoms with Gasteiger partial charge in [-0.25, -0.2) is 20.2 Å². The third kappa shape index (κ3) is 3.11. The van der Waals surface area contributed by atoms with Crippen molar-refractivity contribution in [3.05, 3.63) is 41.5 Å². The van der Waals surface area contributed by atoms with Gasteiger partial charge in [0.1, 0.15) is 23.3 Å². The number of aromatic nitrogens is 2. The molecule has 0 aliphatic carbocycles. The summed E-state index contributed by atoms with van der Waals surface area (Å²) in [6.07, 6.45) is 0.711. The maximum absolute atomic E-state index is 13.1. The molecule has 21 heavy (non-hydrogen) atoms. The van der Waals surface area contributed by atoms with Crippen LogP contribution in [0, 0.1) is 12.7 Å². The smallest absolute Gasteiger partial charge is 0.148 e. The molecule has 0 saturated carbocycles. The first-order valence-electron chi connectivity index (χ1n) is 6.97. The normalized spacial score (nSPS) is 10.5. The van der Waals surface area contributed by atoms with Gasteiger partial charge in [-0.15, -0.1) is 0 Å². The van der Waals surface area contributed by atoms with Crippen molar-refractivity contribution >= 4 is 17.3 Å². The summed E-state index contributed by atoms with van der Waals surface area (Å²) in [4.78, 5) is 11.0. The van der Waals surface area contributed by atoms with Crippen LogP contribution in [0.25, 0.3) is 0 Å². The number of nitrogens with zero attached hydrogens (tertiary/aromatic N) is 3. The van der Waals surface area contributed by atoms with Crippen LogP contribution in [-0.4, -0.2) is 16.5 Å². The molecule has 0 saturated heterocycles. The Kier molecular flexibility index (Phi) is 4.70. The van der Waals surface area contributed by atoms with Gasteiger partial charge in [0.2, 0.25) is 0 Å². The van der Waals surface area contributed by atoms with E-state index in [0.29, 0.717) is 24.6 Å². The highest BCUT2D eigenvalue weighted by molar-refractivity contribution is 5.67. The minimum Gasteiger partial charge on any atom is -0.326 e. The van der Waals surface area contributed by atoms with Crippen LogP contribution in [-0.2, 0) is 6.42 Å². The maximum Gasteiger partial charge on any atom is 0.148 e. The number of nitrogens with one attached hydrogen (secondary N) is 1. The molecule has 0 fully saturated rings. The lowest BCUT2D eigenvalue weighted by Gasteiger charge is -2.25. The molecule has 1 heterocycles. The number of hydrogen-bond acceptors (Lipinski definition) is 5. The van der Waals surface area contributed by atoms with E-state index in [0.717, 1.165) is 17.1 Å². The minimum absolute atomic E-state index is 0.257. The van der Waals surface area contributed by atoms with E-state index >= 15 is 0 Å². The molecule has 0 unspecified atom stereocenters. The van der Waals surface area contributed by atoms with Crippen LogP contribution in [0.5, 0.6) is 0 Å². The minimum atomic E-state index is -0.257. The maximum atomic E-state index is 13.1. The SMILES string of the molecule is CCc1nc(NN)c(C)c(N(CC)c2ccc(F)cc2)n1. The summed E-state index contributed by atoms with van der Waals surface area (Å²) < 4.78 is 13.1. The number of hydrogen-bond donors (Lipinski definition) is 2. The van der Waals surface area contributed by atoms with Crippen LogP contribution >= 0.6 is 0 Å². The zero-order chi connectivity index (χ0) is 15.4. The lowest BCUT2D eigenvalue weighted by molar-refractivity contribution is 0.627. The third-order valence-corrected chi connectivity index (χ3v) is 3.33. The number of nitrogens with two attached hydrogens (primary N) is 1. The Morgan fingerprint density at radius 2 is 1.86 bits per heavy atom. The fourth-order valence-electron chi connectivity index (χ4n) is 2.19. The second kappa shape index (κ2) is 6.49. The average molecular weight is 289 g/mol. The Bertz CT molecular complexity index is 612. The fraction of sp³-hybridized carbons (Fsp3) is 0.333. The Labute approximate surface area is 124 Å². The molecule has 1 aromatic heterocycles. The van der Waals surface area contributed by atoms with E-state index in [4.69, 9.17) is 5.84 Å². The fourth-order valence-corrected chi connectivity index (χ4v) is 2.19. The number of aryl methyl sites for hydroxylation is 1. The van der Waals surface area contributed by atoms with Crippen molar-refractivity contribution in [2.24, 2.45) is 5.84 Å². The second-order valence-corrected chi connectivity index (χ2v) is 4.66. The monoisotopic (exact) mass is 289 g/mol. The van der Waals surface area contributed by atoms with Gasteiger partial charge in [0.05, 0.1) is 0 Å². The summed E-state index contributed by atoms with van der Waals surface area (Å²) in [6.45, 7) is 6.63. The predicted molar refractivity (Wildman–Crippen MR) is 83.0 cm³/mol. The second-order valence-electron chi connectivity index (χ2n) is 4.66. The van der Waals surface area contributed by atoms with Crippen molar-refractivity contribution in [1.29, 1.82) is 0 Å². The highest BCUT2D eigenvalue weighted by Gasteiger charge is 2.16. The van der Waals surface area contributed by atoms with Crippen molar-refractivity contribution < 1.29 is 4.39 Å². The quantitative estimate of drug-likeness (QED) is 0.654. The molecule has 0 aliphatic rings. The number of benzene rings is 1. The van der Waals surface area contributed by atoms with E-state index in [-0.39, 0.29) is 5.82 Å². The third-order valence-electron chi connectivity index (χ3n) is 3.33. The van der Waals surface area contributed by atoms with Gasteiger partial charge >= 0.3 is 0 Å². The van der Waals surface area contributed by atoms with E-state index in [1.165, 1.54) is 12.1 Å². The van der Waals surface area contributed by atoms with Gasteiger partial charge in [-0.3, -0.25) is 0 Å². The van der Waals surface area contributed by atoms with Crippen molar-refractivity contribution in [1.82, 2.24) is 9.97 Å². The van der Waals surface area contributed by atoms with E-state index in [9.17, 15) is 4.39 Å². The van der Waals surface area contributed by atoms with E-state index in [1.54, 1.807) is 12.1 Å². The van der Waals surface area contributed by atoms with Crippen LogP contribution in [0.2, 0.25) is 0 Å². The van der Waals surface area contributed by atoms with Gasteiger partial charge < -0.3 is 10.3 Å². The Hall–Kier alpha value is -2.21. The van der Waals surface area contributed by atoms with Crippen molar-refractivity contribution in [3.63, 3.8) is 0 Å². The van der Waals surface area contributed by atoms with Crippen LogP contribution in [0.15, 0.2) is 24.3 Å². The highest BCUT2D eigenvalue weighted by Crippen LogP contribution is 2.29. The number of rotatable bonds is 5. The molecule has 0 spiro atoms. The molecule has 2 aromatic rings. The van der Waals surface area contributed by atoms with Gasteiger partial charge in [-0.2, -0.15) is 0 Å². The summed E-state index contributed by atoms with van der Waals surface area (Å²) in [5.74, 6) is 7.38. The lowest BCUT2D eigenvalue weighted by atomic mass is 10.2. The van der Waals surface area contributed by atoms with Gasteiger partial charge in [0.25, 0.3) is 0 Å². The van der Waals surface area contributed by atoms with Crippen LogP contribution < -0.4 is 16.2 Å². The van der Waals surface area contributed by atoms with E-state index in [1.807, 2.05) is 25.7 Å². The predicted octanol–water partition coefficient (Wildman–Crippen LogP) is 2.93. The molecule has 6 heteroatoms. The molecule has 0 bridgehead atoms. The number of hydrazine groups is 1. The first-order chi connectivity index (χ1) is 10.1. The van der Waals surface area contributed by atoms with E-state index in [2.05, 4.69) is 15.4 Å². The van der Waals surface area contributed by atoms with Gasteiger partial charge in [0, 0.05) is 24.2 Å². The number of nitrogen functional groups attached to an aromatic ring is 1. The molecule has 0 radical (unpaired) electrons. The van der Waals surface area contributed by atoms with Crippen molar-refractivity contribution in [3.8, 4) is 0 Å². The molecule has 0 aliphatic heterocycles. The largest absolute Gasteiger partial charge is 0.326 e.